The first-order valence-corrected chi connectivity index (χ1v) is 8.89. The van der Waals surface area contributed by atoms with Gasteiger partial charge in [0, 0.05) is 19.6 Å². The van der Waals surface area contributed by atoms with Crippen LogP contribution in [0.15, 0.2) is 42.5 Å². The van der Waals surface area contributed by atoms with E-state index in [4.69, 9.17) is 4.74 Å². The van der Waals surface area contributed by atoms with E-state index in [1.54, 1.807) is 13.2 Å². The summed E-state index contributed by atoms with van der Waals surface area (Å²) in [7, 11) is 1.65. The standard InChI is InChI=1S/C20H25N3O2/c1-25-17-10-8-16(9-11-17)12-13-21-20(24)18-6-5-7-19(22-18)23-14-3-2-4-15-23/h5-11H,2-4,12-15H2,1H3,(H,21,24). The topological polar surface area (TPSA) is 54.5 Å². The van der Waals surface area contributed by atoms with E-state index >= 15 is 0 Å². The van der Waals surface area contributed by atoms with Crippen LogP contribution in [0, 0.1) is 0 Å². The van der Waals surface area contributed by atoms with Gasteiger partial charge in [-0.15, -0.1) is 0 Å². The van der Waals surface area contributed by atoms with Crippen molar-refractivity contribution in [1.82, 2.24) is 10.3 Å². The van der Waals surface area contributed by atoms with E-state index in [2.05, 4.69) is 15.2 Å². The van der Waals surface area contributed by atoms with E-state index in [1.807, 2.05) is 36.4 Å². The van der Waals surface area contributed by atoms with E-state index < -0.39 is 0 Å². The molecule has 0 aliphatic carbocycles. The van der Waals surface area contributed by atoms with E-state index in [1.165, 1.54) is 19.3 Å². The number of aromatic nitrogens is 1. The fourth-order valence-corrected chi connectivity index (χ4v) is 3.05. The average Bonchev–Trinajstić information content (AvgIpc) is 2.69. The molecule has 25 heavy (non-hydrogen) atoms. The highest BCUT2D eigenvalue weighted by molar-refractivity contribution is 5.92. The number of rotatable bonds is 6. The molecule has 2 aromatic rings. The van der Waals surface area contributed by atoms with Gasteiger partial charge in [0.25, 0.3) is 5.91 Å². The van der Waals surface area contributed by atoms with E-state index in [9.17, 15) is 4.79 Å². The second-order valence-corrected chi connectivity index (χ2v) is 6.28. The SMILES string of the molecule is COc1ccc(CCNC(=O)c2cccc(N3CCCCC3)n2)cc1. The van der Waals surface area contributed by atoms with Crippen molar-refractivity contribution in [3.8, 4) is 5.75 Å². The Balaban J connectivity index is 1.53. The summed E-state index contributed by atoms with van der Waals surface area (Å²) in [6.07, 6.45) is 4.45. The average molecular weight is 339 g/mol. The number of hydrogen-bond acceptors (Lipinski definition) is 4. The monoisotopic (exact) mass is 339 g/mol. The lowest BCUT2D eigenvalue weighted by Crippen LogP contribution is -2.31. The van der Waals surface area contributed by atoms with Crippen LogP contribution < -0.4 is 15.0 Å². The predicted octanol–water partition coefficient (Wildman–Crippen LogP) is 3.05. The Kier molecular flexibility index (Phi) is 5.88. The molecule has 132 valence electrons. The summed E-state index contributed by atoms with van der Waals surface area (Å²) in [6, 6.07) is 13.6. The normalized spacial score (nSPS) is 14.2. The summed E-state index contributed by atoms with van der Waals surface area (Å²) in [5.41, 5.74) is 1.65. The summed E-state index contributed by atoms with van der Waals surface area (Å²) in [5.74, 6) is 1.63. The maximum atomic E-state index is 12.4. The number of ether oxygens (including phenoxy) is 1. The number of hydrogen-bond donors (Lipinski definition) is 1. The molecule has 1 aromatic heterocycles. The molecule has 5 heteroatoms. The van der Waals surface area contributed by atoms with E-state index in [-0.39, 0.29) is 5.91 Å². The summed E-state index contributed by atoms with van der Waals surface area (Å²) in [4.78, 5) is 19.2. The van der Waals surface area contributed by atoms with Crippen molar-refractivity contribution in [1.29, 1.82) is 0 Å². The van der Waals surface area contributed by atoms with Crippen molar-refractivity contribution in [2.24, 2.45) is 0 Å². The minimum absolute atomic E-state index is 0.118. The number of nitrogens with zero attached hydrogens (tertiary/aromatic N) is 2. The summed E-state index contributed by atoms with van der Waals surface area (Å²) in [5, 5.41) is 2.95. The maximum Gasteiger partial charge on any atom is 0.269 e. The molecule has 3 rings (SSSR count). The lowest BCUT2D eigenvalue weighted by atomic mass is 10.1. The second-order valence-electron chi connectivity index (χ2n) is 6.28. The van der Waals surface area contributed by atoms with Gasteiger partial charge in [-0.05, 0) is 55.5 Å². The van der Waals surface area contributed by atoms with Crippen molar-refractivity contribution < 1.29 is 9.53 Å². The van der Waals surface area contributed by atoms with Crippen LogP contribution in [0.2, 0.25) is 0 Å². The Bertz CT molecular complexity index is 694. The van der Waals surface area contributed by atoms with Gasteiger partial charge < -0.3 is 15.0 Å². The first-order valence-electron chi connectivity index (χ1n) is 8.89. The highest BCUT2D eigenvalue weighted by atomic mass is 16.5. The third kappa shape index (κ3) is 4.72. The second kappa shape index (κ2) is 8.51. The van der Waals surface area contributed by atoms with Gasteiger partial charge in [-0.2, -0.15) is 0 Å². The van der Waals surface area contributed by atoms with Crippen molar-refractivity contribution in [3.05, 3.63) is 53.7 Å². The van der Waals surface area contributed by atoms with Gasteiger partial charge in [0.05, 0.1) is 7.11 Å². The summed E-state index contributed by atoms with van der Waals surface area (Å²) >= 11 is 0. The molecule has 1 saturated heterocycles. The predicted molar refractivity (Wildman–Crippen MR) is 99.3 cm³/mol. The quantitative estimate of drug-likeness (QED) is 0.879. The van der Waals surface area contributed by atoms with E-state index in [0.29, 0.717) is 12.2 Å². The first kappa shape index (κ1) is 17.3. The molecular formula is C20H25N3O2. The van der Waals surface area contributed by atoms with Crippen LogP contribution in [0.25, 0.3) is 0 Å². The van der Waals surface area contributed by atoms with Gasteiger partial charge in [-0.25, -0.2) is 4.98 Å². The number of piperidine rings is 1. The Morgan fingerprint density at radius 1 is 1.12 bits per heavy atom. The Labute approximate surface area is 149 Å². The number of benzene rings is 1. The molecule has 0 unspecified atom stereocenters. The number of carbonyl (C=O) groups is 1. The molecule has 0 radical (unpaired) electrons. The van der Waals surface area contributed by atoms with Crippen LogP contribution in [-0.4, -0.2) is 37.6 Å². The summed E-state index contributed by atoms with van der Waals surface area (Å²) in [6.45, 7) is 2.63. The molecule has 0 saturated carbocycles. The number of amides is 1. The number of carbonyl (C=O) groups excluding carboxylic acids is 1. The molecule has 1 aromatic carbocycles. The minimum atomic E-state index is -0.118. The number of methoxy groups -OCH3 is 1. The van der Waals surface area contributed by atoms with E-state index in [0.717, 1.165) is 36.6 Å². The molecule has 1 aliphatic heterocycles. The molecule has 0 bridgehead atoms. The zero-order valence-electron chi connectivity index (χ0n) is 14.7. The first-order chi connectivity index (χ1) is 12.3. The highest BCUT2D eigenvalue weighted by Crippen LogP contribution is 2.17. The molecule has 1 N–H and O–H groups in total. The maximum absolute atomic E-state index is 12.4. The molecule has 2 heterocycles. The molecule has 1 fully saturated rings. The zero-order valence-corrected chi connectivity index (χ0v) is 14.7. The minimum Gasteiger partial charge on any atom is -0.497 e. The summed E-state index contributed by atoms with van der Waals surface area (Å²) < 4.78 is 5.15. The molecular weight excluding hydrogens is 314 g/mol. The van der Waals surface area contributed by atoms with Crippen LogP contribution >= 0.6 is 0 Å². The van der Waals surface area contributed by atoms with Gasteiger partial charge in [-0.1, -0.05) is 18.2 Å². The lowest BCUT2D eigenvalue weighted by molar-refractivity contribution is 0.0949. The zero-order chi connectivity index (χ0) is 17.5. The van der Waals surface area contributed by atoms with Gasteiger partial charge in [-0.3, -0.25) is 4.79 Å². The largest absolute Gasteiger partial charge is 0.497 e. The van der Waals surface area contributed by atoms with Gasteiger partial charge in [0.1, 0.15) is 17.3 Å². The third-order valence-corrected chi connectivity index (χ3v) is 4.51. The van der Waals surface area contributed by atoms with Crippen molar-refractivity contribution in [3.63, 3.8) is 0 Å². The van der Waals surface area contributed by atoms with Gasteiger partial charge >= 0.3 is 0 Å². The van der Waals surface area contributed by atoms with Crippen LogP contribution in [0.5, 0.6) is 5.75 Å². The molecule has 0 atom stereocenters. The van der Waals surface area contributed by atoms with Gasteiger partial charge in [0.2, 0.25) is 0 Å². The van der Waals surface area contributed by atoms with Gasteiger partial charge in [0.15, 0.2) is 0 Å². The number of nitrogens with one attached hydrogen (secondary N) is 1. The van der Waals surface area contributed by atoms with Crippen molar-refractivity contribution in [2.75, 3.05) is 31.6 Å². The van der Waals surface area contributed by atoms with Crippen molar-refractivity contribution >= 4 is 11.7 Å². The number of pyridine rings is 1. The Hall–Kier alpha value is -2.56. The van der Waals surface area contributed by atoms with Crippen LogP contribution in [-0.2, 0) is 6.42 Å². The Morgan fingerprint density at radius 2 is 1.88 bits per heavy atom. The molecule has 1 amide bonds. The van der Waals surface area contributed by atoms with Crippen LogP contribution in [0.1, 0.15) is 35.3 Å². The smallest absolute Gasteiger partial charge is 0.269 e. The van der Waals surface area contributed by atoms with Crippen molar-refractivity contribution in [2.45, 2.75) is 25.7 Å². The van der Waals surface area contributed by atoms with Crippen LogP contribution in [0.3, 0.4) is 0 Å². The van der Waals surface area contributed by atoms with Crippen LogP contribution in [0.4, 0.5) is 5.82 Å². The Morgan fingerprint density at radius 3 is 2.60 bits per heavy atom. The number of anilines is 1. The fourth-order valence-electron chi connectivity index (χ4n) is 3.05. The molecule has 1 aliphatic rings. The highest BCUT2D eigenvalue weighted by Gasteiger charge is 2.14. The molecule has 0 spiro atoms. The molecule has 5 nitrogen and oxygen atoms in total. The third-order valence-electron chi connectivity index (χ3n) is 4.51. The lowest BCUT2D eigenvalue weighted by Gasteiger charge is -2.27. The fraction of sp³-hybridized carbons (Fsp3) is 0.400.